The van der Waals surface area contributed by atoms with E-state index in [2.05, 4.69) is 159 Å². The number of nitrogens with zero attached hydrogens (tertiary/aromatic N) is 4. The van der Waals surface area contributed by atoms with Gasteiger partial charge in [-0.25, -0.2) is 15.0 Å². The fourth-order valence-corrected chi connectivity index (χ4v) is 9.91. The number of hydrogen-bond donors (Lipinski definition) is 0. The van der Waals surface area contributed by atoms with Crippen LogP contribution in [0.5, 0.6) is 5.75 Å². The molecule has 3 aliphatic heterocycles. The van der Waals surface area contributed by atoms with Crippen molar-refractivity contribution in [1.29, 1.82) is 0 Å². The molecule has 3 unspecified atom stereocenters. The zero-order chi connectivity index (χ0) is 44.2. The van der Waals surface area contributed by atoms with Crippen molar-refractivity contribution in [3.63, 3.8) is 0 Å². The fraction of sp³-hybridized carbons (Fsp3) is 0.100. The number of ether oxygens (including phenoxy) is 1. The van der Waals surface area contributed by atoms with E-state index >= 15 is 0 Å². The SMILES string of the molecule is CC1C/C=C(\c2ccc(-c3ccccc3)cc2)N=C(c2ccccc2)N=C1c1cccc2oc3c(-c4cccc5c4C4(C)N=C(c6ccccc6)N=C(c6ccccc6)C4O5)cccc3c12. The molecule has 0 aliphatic carbocycles. The van der Waals surface area contributed by atoms with E-state index in [1.165, 1.54) is 11.1 Å². The lowest BCUT2D eigenvalue weighted by Crippen LogP contribution is -2.44. The third-order valence-electron chi connectivity index (χ3n) is 13.2. The van der Waals surface area contributed by atoms with Crippen LogP contribution in [0.2, 0.25) is 0 Å². The molecule has 0 N–H and O–H groups in total. The first-order valence-corrected chi connectivity index (χ1v) is 22.6. The molecule has 0 radical (unpaired) electrons. The topological polar surface area (TPSA) is 71.8 Å². The zero-order valence-electron chi connectivity index (χ0n) is 36.6. The number of furan rings is 1. The van der Waals surface area contributed by atoms with Gasteiger partial charge in [0.25, 0.3) is 0 Å². The number of fused-ring (bicyclic) bond motifs is 6. The Morgan fingerprint density at radius 3 is 1.76 bits per heavy atom. The average Bonchev–Trinajstić information content (AvgIpc) is 3.92. The first kappa shape index (κ1) is 39.4. The van der Waals surface area contributed by atoms with E-state index in [4.69, 9.17) is 29.1 Å². The standard InChI is InChI=1S/C60H44N4O2/c1-38-32-37-49(41-35-33-40(34-36-41)39-18-7-3-8-19-39)61-58(43-22-11-5-12-23-43)62-54(38)47-28-17-30-50-52(47)48-29-15-27-46(56(48)65-50)45-26-16-31-51-53(45)60(2)57(66-51)55(42-20-9-4-10-21-42)63-59(64-60)44-24-13-6-14-25-44/h3-31,33-38,57H,32H2,1-2H3/b49-37+,61-58?,62-54?. The van der Waals surface area contributed by atoms with Gasteiger partial charge in [-0.1, -0.05) is 201 Å². The summed E-state index contributed by atoms with van der Waals surface area (Å²) in [4.78, 5) is 21.5. The van der Waals surface area contributed by atoms with Crippen molar-refractivity contribution >= 4 is 50.7 Å². The summed E-state index contributed by atoms with van der Waals surface area (Å²) in [5.41, 5.74) is 13.9. The molecule has 0 spiro atoms. The Morgan fingerprint density at radius 2 is 1.05 bits per heavy atom. The lowest BCUT2D eigenvalue weighted by atomic mass is 9.79. The molecule has 316 valence electrons. The summed E-state index contributed by atoms with van der Waals surface area (Å²) in [6.45, 7) is 4.45. The van der Waals surface area contributed by atoms with E-state index in [1.807, 2.05) is 60.7 Å². The maximum Gasteiger partial charge on any atom is 0.170 e. The molecule has 12 rings (SSSR count). The van der Waals surface area contributed by atoms with Crippen LogP contribution < -0.4 is 4.74 Å². The summed E-state index contributed by atoms with van der Waals surface area (Å²) >= 11 is 0. The highest BCUT2D eigenvalue weighted by Gasteiger charge is 2.52. The van der Waals surface area contributed by atoms with Crippen LogP contribution in [0, 0.1) is 5.92 Å². The molecule has 3 aliphatic rings. The third kappa shape index (κ3) is 6.72. The molecular weight excluding hydrogens is 809 g/mol. The highest BCUT2D eigenvalue weighted by molar-refractivity contribution is 6.24. The molecular formula is C60H44N4O2. The monoisotopic (exact) mass is 852 g/mol. The summed E-state index contributed by atoms with van der Waals surface area (Å²) in [7, 11) is 0. The van der Waals surface area contributed by atoms with Crippen LogP contribution in [0.3, 0.4) is 0 Å². The Bertz CT molecular complexity index is 3480. The first-order valence-electron chi connectivity index (χ1n) is 22.6. The van der Waals surface area contributed by atoms with Gasteiger partial charge < -0.3 is 9.15 Å². The van der Waals surface area contributed by atoms with Gasteiger partial charge >= 0.3 is 0 Å². The van der Waals surface area contributed by atoms with Crippen LogP contribution in [0.4, 0.5) is 0 Å². The molecule has 6 heteroatoms. The van der Waals surface area contributed by atoms with Crippen molar-refractivity contribution in [2.75, 3.05) is 0 Å². The predicted octanol–water partition coefficient (Wildman–Crippen LogP) is 14.2. The van der Waals surface area contributed by atoms with Crippen molar-refractivity contribution in [3.05, 3.63) is 240 Å². The Kier molecular flexibility index (Phi) is 9.60. The van der Waals surface area contributed by atoms with E-state index in [0.717, 1.165) is 95.7 Å². The number of allylic oxidation sites excluding steroid dienone is 1. The molecule has 0 saturated carbocycles. The lowest BCUT2D eigenvalue weighted by Gasteiger charge is -2.32. The Balaban J connectivity index is 0.987. The quantitative estimate of drug-likeness (QED) is 0.160. The Morgan fingerprint density at radius 1 is 0.485 bits per heavy atom. The number of aliphatic imine (C=N–C) groups is 4. The van der Waals surface area contributed by atoms with Gasteiger partial charge in [-0.2, -0.15) is 0 Å². The van der Waals surface area contributed by atoms with E-state index in [1.54, 1.807) is 0 Å². The molecule has 0 fully saturated rings. The van der Waals surface area contributed by atoms with Crippen LogP contribution >= 0.6 is 0 Å². The highest BCUT2D eigenvalue weighted by Crippen LogP contribution is 2.52. The summed E-state index contributed by atoms with van der Waals surface area (Å²) in [6, 6.07) is 69.1. The summed E-state index contributed by atoms with van der Waals surface area (Å²) in [5.74, 6) is 2.21. The van der Waals surface area contributed by atoms with Gasteiger partial charge in [0.15, 0.2) is 17.8 Å². The normalized spacial score (nSPS) is 19.8. The van der Waals surface area contributed by atoms with Crippen molar-refractivity contribution < 1.29 is 9.15 Å². The molecule has 9 aromatic rings. The molecule has 1 aromatic heterocycles. The first-order chi connectivity index (χ1) is 32.5. The molecule has 0 bridgehead atoms. The predicted molar refractivity (Wildman–Crippen MR) is 270 cm³/mol. The van der Waals surface area contributed by atoms with Crippen molar-refractivity contribution in [2.45, 2.75) is 31.9 Å². The second kappa shape index (κ2) is 16.1. The van der Waals surface area contributed by atoms with E-state index in [0.29, 0.717) is 11.7 Å². The van der Waals surface area contributed by atoms with Gasteiger partial charge in [-0.05, 0) is 53.3 Å². The molecule has 3 atom stereocenters. The van der Waals surface area contributed by atoms with Crippen molar-refractivity contribution in [3.8, 4) is 28.0 Å². The van der Waals surface area contributed by atoms with Gasteiger partial charge in [0.1, 0.15) is 22.5 Å². The minimum atomic E-state index is -0.796. The number of para-hydroxylation sites is 1. The van der Waals surface area contributed by atoms with Crippen LogP contribution in [0.1, 0.15) is 53.6 Å². The largest absolute Gasteiger partial charge is 0.481 e. The highest BCUT2D eigenvalue weighted by atomic mass is 16.5. The fourth-order valence-electron chi connectivity index (χ4n) is 9.91. The van der Waals surface area contributed by atoms with E-state index in [9.17, 15) is 0 Å². The minimum Gasteiger partial charge on any atom is -0.481 e. The Labute approximate surface area is 383 Å². The number of hydrogen-bond acceptors (Lipinski definition) is 6. The molecule has 0 saturated heterocycles. The van der Waals surface area contributed by atoms with Gasteiger partial charge in [0.2, 0.25) is 0 Å². The molecule has 0 amide bonds. The van der Waals surface area contributed by atoms with Gasteiger partial charge in [-0.3, -0.25) is 4.99 Å². The molecule has 6 nitrogen and oxygen atoms in total. The molecule has 4 heterocycles. The van der Waals surface area contributed by atoms with E-state index in [-0.39, 0.29) is 5.92 Å². The van der Waals surface area contributed by atoms with Gasteiger partial charge in [0, 0.05) is 44.5 Å². The van der Waals surface area contributed by atoms with Crippen LogP contribution in [0.15, 0.2) is 231 Å². The summed E-state index contributed by atoms with van der Waals surface area (Å²) < 4.78 is 13.9. The summed E-state index contributed by atoms with van der Waals surface area (Å²) in [5, 5.41) is 2.05. The number of rotatable bonds is 7. The lowest BCUT2D eigenvalue weighted by molar-refractivity contribution is 0.224. The van der Waals surface area contributed by atoms with Gasteiger partial charge in [0.05, 0.1) is 17.1 Å². The van der Waals surface area contributed by atoms with Crippen molar-refractivity contribution in [1.82, 2.24) is 0 Å². The van der Waals surface area contributed by atoms with Crippen LogP contribution in [0.25, 0.3) is 49.9 Å². The summed E-state index contributed by atoms with van der Waals surface area (Å²) in [6.07, 6.45) is 2.59. The van der Waals surface area contributed by atoms with Crippen molar-refractivity contribution in [2.24, 2.45) is 25.9 Å². The van der Waals surface area contributed by atoms with E-state index < -0.39 is 11.6 Å². The Hall–Kier alpha value is -8.22. The average molecular weight is 853 g/mol. The van der Waals surface area contributed by atoms with Gasteiger partial charge in [-0.15, -0.1) is 0 Å². The zero-order valence-corrected chi connectivity index (χ0v) is 36.6. The number of amidine groups is 2. The van der Waals surface area contributed by atoms with Crippen LogP contribution in [-0.4, -0.2) is 29.2 Å². The smallest absolute Gasteiger partial charge is 0.170 e. The maximum atomic E-state index is 7.00. The second-order valence-corrected chi connectivity index (χ2v) is 17.4. The minimum absolute atomic E-state index is 0.0615. The number of benzene rings is 8. The maximum absolute atomic E-state index is 7.00. The molecule has 8 aromatic carbocycles. The third-order valence-corrected chi connectivity index (χ3v) is 13.2. The molecule has 66 heavy (non-hydrogen) atoms. The second-order valence-electron chi connectivity index (χ2n) is 17.4. The van der Waals surface area contributed by atoms with Crippen LogP contribution in [-0.2, 0) is 5.54 Å².